The third kappa shape index (κ3) is 5.13. The second kappa shape index (κ2) is 7.53. The predicted octanol–water partition coefficient (Wildman–Crippen LogP) is 2.67. The molecule has 7 heteroatoms. The zero-order valence-corrected chi connectivity index (χ0v) is 14.9. The molecule has 24 heavy (non-hydrogen) atoms. The van der Waals surface area contributed by atoms with Gasteiger partial charge in [-0.1, -0.05) is 57.3 Å². The highest BCUT2D eigenvalue weighted by molar-refractivity contribution is 8.15. The van der Waals surface area contributed by atoms with E-state index in [1.807, 2.05) is 39.0 Å². The number of nitrogens with one attached hydrogen (secondary N) is 3. The first kappa shape index (κ1) is 18.1. The number of rotatable bonds is 5. The molecule has 2 rings (SSSR count). The molecule has 1 heterocycles. The lowest BCUT2D eigenvalue weighted by Gasteiger charge is -2.20. The van der Waals surface area contributed by atoms with Gasteiger partial charge in [-0.2, -0.15) is 5.10 Å². The fraction of sp³-hybridized carbons (Fsp3) is 0.353. The summed E-state index contributed by atoms with van der Waals surface area (Å²) in [7, 11) is 0. The van der Waals surface area contributed by atoms with Crippen molar-refractivity contribution in [1.82, 2.24) is 10.7 Å². The Balaban J connectivity index is 1.88. The average molecular weight is 346 g/mol. The molecule has 3 N–H and O–H groups in total. The minimum absolute atomic E-state index is 0.0879. The number of allylic oxidation sites excluding steroid dienone is 1. The fourth-order valence-electron chi connectivity index (χ4n) is 1.78. The molecule has 1 aliphatic heterocycles. The lowest BCUT2D eigenvalue weighted by atomic mass is 9.93. The van der Waals surface area contributed by atoms with Crippen molar-refractivity contribution in [3.05, 3.63) is 42.6 Å². The van der Waals surface area contributed by atoms with Crippen molar-refractivity contribution in [2.24, 2.45) is 10.5 Å². The Morgan fingerprint density at radius 2 is 2.00 bits per heavy atom. The van der Waals surface area contributed by atoms with Crippen molar-refractivity contribution >= 4 is 34.4 Å². The number of para-hydroxylation sites is 1. The highest BCUT2D eigenvalue weighted by Gasteiger charge is 2.32. The van der Waals surface area contributed by atoms with Gasteiger partial charge in [-0.3, -0.25) is 15.0 Å². The zero-order chi connectivity index (χ0) is 17.7. The molecule has 0 saturated carbocycles. The van der Waals surface area contributed by atoms with Gasteiger partial charge in [-0.15, -0.1) is 0 Å². The number of nitrogens with zero attached hydrogens (tertiary/aromatic N) is 1. The number of hydrogen-bond donors (Lipinski definition) is 3. The number of amides is 2. The summed E-state index contributed by atoms with van der Waals surface area (Å²) in [6.45, 7) is 9.96. The van der Waals surface area contributed by atoms with E-state index in [-0.39, 0.29) is 23.7 Å². The number of anilines is 1. The smallest absolute Gasteiger partial charge is 0.240 e. The molecule has 0 unspecified atom stereocenters. The molecule has 1 saturated heterocycles. The molecular formula is C17H22N4O2S. The SMILES string of the molecule is C=C(N/N=C1\NC(=O)[C@H](CC(=O)Nc2ccccc2)S1)C(C)(C)C. The van der Waals surface area contributed by atoms with E-state index in [4.69, 9.17) is 0 Å². The first-order valence-corrected chi connectivity index (χ1v) is 8.49. The lowest BCUT2D eigenvalue weighted by Crippen LogP contribution is -2.29. The molecule has 1 aromatic rings. The van der Waals surface area contributed by atoms with Crippen LogP contribution in [0, 0.1) is 5.41 Å². The van der Waals surface area contributed by atoms with Crippen LogP contribution in [0.15, 0.2) is 47.7 Å². The highest BCUT2D eigenvalue weighted by Crippen LogP contribution is 2.24. The quantitative estimate of drug-likeness (QED) is 0.716. The molecule has 1 aromatic carbocycles. The Morgan fingerprint density at radius 3 is 2.62 bits per heavy atom. The normalized spacial score (nSPS) is 19.0. The maximum absolute atomic E-state index is 12.0. The minimum Gasteiger partial charge on any atom is -0.326 e. The Hall–Kier alpha value is -2.28. The third-order valence-electron chi connectivity index (χ3n) is 3.40. The largest absolute Gasteiger partial charge is 0.326 e. The van der Waals surface area contributed by atoms with Crippen LogP contribution in [0.25, 0.3) is 0 Å². The molecule has 0 radical (unpaired) electrons. The van der Waals surface area contributed by atoms with E-state index in [0.717, 1.165) is 5.70 Å². The van der Waals surface area contributed by atoms with Gasteiger partial charge < -0.3 is 10.6 Å². The number of hydrazone groups is 1. The van der Waals surface area contributed by atoms with Crippen LogP contribution in [0.5, 0.6) is 0 Å². The van der Waals surface area contributed by atoms with Gasteiger partial charge in [-0.25, -0.2) is 0 Å². The van der Waals surface area contributed by atoms with Gasteiger partial charge in [0, 0.05) is 23.2 Å². The van der Waals surface area contributed by atoms with Crippen LogP contribution in [-0.4, -0.2) is 22.2 Å². The van der Waals surface area contributed by atoms with Crippen LogP contribution in [0.4, 0.5) is 5.69 Å². The van der Waals surface area contributed by atoms with Crippen molar-refractivity contribution in [2.45, 2.75) is 32.4 Å². The summed E-state index contributed by atoms with van der Waals surface area (Å²) < 4.78 is 0. The maximum atomic E-state index is 12.0. The van der Waals surface area contributed by atoms with Gasteiger partial charge in [-0.05, 0) is 12.1 Å². The lowest BCUT2D eigenvalue weighted by molar-refractivity contribution is -0.122. The molecule has 2 amide bonds. The third-order valence-corrected chi connectivity index (χ3v) is 4.48. The number of benzene rings is 1. The molecule has 1 aliphatic rings. The van der Waals surface area contributed by atoms with Crippen LogP contribution in [0.3, 0.4) is 0 Å². The zero-order valence-electron chi connectivity index (χ0n) is 14.1. The Morgan fingerprint density at radius 1 is 1.33 bits per heavy atom. The molecule has 0 aliphatic carbocycles. The molecule has 0 spiro atoms. The first-order valence-electron chi connectivity index (χ1n) is 7.61. The van der Waals surface area contributed by atoms with Crippen molar-refractivity contribution in [3.63, 3.8) is 0 Å². The van der Waals surface area contributed by atoms with E-state index < -0.39 is 5.25 Å². The molecule has 6 nitrogen and oxygen atoms in total. The Bertz CT molecular complexity index is 665. The van der Waals surface area contributed by atoms with Crippen molar-refractivity contribution in [1.29, 1.82) is 0 Å². The highest BCUT2D eigenvalue weighted by atomic mass is 32.2. The van der Waals surface area contributed by atoms with Gasteiger partial charge in [0.25, 0.3) is 0 Å². The van der Waals surface area contributed by atoms with Gasteiger partial charge in [0.05, 0.1) is 0 Å². The number of thioether (sulfide) groups is 1. The van der Waals surface area contributed by atoms with Crippen molar-refractivity contribution < 1.29 is 9.59 Å². The summed E-state index contributed by atoms with van der Waals surface area (Å²) >= 11 is 1.24. The number of carbonyl (C=O) groups is 2. The van der Waals surface area contributed by atoms with E-state index in [1.165, 1.54) is 11.8 Å². The van der Waals surface area contributed by atoms with Gasteiger partial charge in [0.2, 0.25) is 11.8 Å². The molecule has 0 aromatic heterocycles. The standard InChI is InChI=1S/C17H22N4O2S/c1-11(17(2,3)4)20-21-16-19-15(23)13(24-16)10-14(22)18-12-8-6-5-7-9-12/h5-9,13,20H,1,10H2,2-4H3,(H,18,22)(H,19,21,23)/t13-/m0/s1. The van der Waals surface area contributed by atoms with E-state index in [1.54, 1.807) is 12.1 Å². The Labute approximate surface area is 146 Å². The van der Waals surface area contributed by atoms with Crippen molar-refractivity contribution in [2.75, 3.05) is 5.32 Å². The van der Waals surface area contributed by atoms with E-state index in [0.29, 0.717) is 10.9 Å². The van der Waals surface area contributed by atoms with E-state index in [2.05, 4.69) is 27.7 Å². The Kier molecular flexibility index (Phi) is 5.66. The molecule has 0 bridgehead atoms. The summed E-state index contributed by atoms with van der Waals surface area (Å²) in [6, 6.07) is 9.15. The van der Waals surface area contributed by atoms with Crippen LogP contribution in [-0.2, 0) is 9.59 Å². The van der Waals surface area contributed by atoms with E-state index >= 15 is 0 Å². The van der Waals surface area contributed by atoms with Crippen LogP contribution >= 0.6 is 11.8 Å². The number of amidine groups is 1. The second-order valence-electron chi connectivity index (χ2n) is 6.47. The summed E-state index contributed by atoms with van der Waals surface area (Å²) in [5.74, 6) is -0.424. The van der Waals surface area contributed by atoms with Crippen molar-refractivity contribution in [3.8, 4) is 0 Å². The maximum Gasteiger partial charge on any atom is 0.240 e. The summed E-state index contributed by atoms with van der Waals surface area (Å²) in [6.07, 6.45) is 0.0879. The number of hydrogen-bond acceptors (Lipinski definition) is 5. The monoisotopic (exact) mass is 346 g/mol. The molecule has 1 fully saturated rings. The summed E-state index contributed by atoms with van der Waals surface area (Å²) in [4.78, 5) is 24.0. The predicted molar refractivity (Wildman–Crippen MR) is 98.4 cm³/mol. The minimum atomic E-state index is -0.489. The van der Waals surface area contributed by atoms with Crippen LogP contribution in [0.1, 0.15) is 27.2 Å². The van der Waals surface area contributed by atoms with Gasteiger partial charge in [0.15, 0.2) is 5.17 Å². The van der Waals surface area contributed by atoms with Gasteiger partial charge >= 0.3 is 0 Å². The second-order valence-corrected chi connectivity index (χ2v) is 7.66. The van der Waals surface area contributed by atoms with E-state index in [9.17, 15) is 9.59 Å². The van der Waals surface area contributed by atoms with Crippen LogP contribution in [0.2, 0.25) is 0 Å². The fourth-order valence-corrected chi connectivity index (χ4v) is 2.71. The molecule has 128 valence electrons. The van der Waals surface area contributed by atoms with Gasteiger partial charge in [0.1, 0.15) is 5.25 Å². The molecule has 1 atom stereocenters. The average Bonchev–Trinajstić information content (AvgIpc) is 2.84. The molecular weight excluding hydrogens is 324 g/mol. The van der Waals surface area contributed by atoms with Crippen LogP contribution < -0.4 is 16.1 Å². The first-order chi connectivity index (χ1) is 11.3. The number of carbonyl (C=O) groups excluding carboxylic acids is 2. The summed E-state index contributed by atoms with van der Waals surface area (Å²) in [5, 5.41) is 9.55. The topological polar surface area (TPSA) is 82.6 Å². The summed E-state index contributed by atoms with van der Waals surface area (Å²) in [5.41, 5.74) is 4.18.